The van der Waals surface area contributed by atoms with Crippen LogP contribution >= 0.6 is 23.2 Å². The predicted molar refractivity (Wildman–Crippen MR) is 82.1 cm³/mol. The van der Waals surface area contributed by atoms with E-state index in [1.807, 2.05) is 11.0 Å². The molecule has 3 nitrogen and oxygen atoms in total. The molecule has 0 aliphatic heterocycles. The van der Waals surface area contributed by atoms with E-state index in [9.17, 15) is 4.79 Å². The van der Waals surface area contributed by atoms with E-state index in [1.54, 1.807) is 12.1 Å². The van der Waals surface area contributed by atoms with Crippen LogP contribution < -0.4 is 5.32 Å². The number of anilines is 1. The Bertz CT molecular complexity index is 418. The van der Waals surface area contributed by atoms with Gasteiger partial charge in [0.2, 0.25) is 5.91 Å². The first kappa shape index (κ1) is 16.1. The Morgan fingerprint density at radius 2 is 1.84 bits per heavy atom. The molecular weight excluding hydrogens is 283 g/mol. The fraction of sp³-hybridized carbons (Fsp3) is 0.500. The van der Waals surface area contributed by atoms with E-state index < -0.39 is 0 Å². The van der Waals surface area contributed by atoms with Crippen molar-refractivity contribution in [2.75, 3.05) is 25.0 Å². The summed E-state index contributed by atoms with van der Waals surface area (Å²) in [4.78, 5) is 13.9. The summed E-state index contributed by atoms with van der Waals surface area (Å²) >= 11 is 12.0. The lowest BCUT2D eigenvalue weighted by Crippen LogP contribution is -2.36. The molecule has 0 aromatic heterocycles. The third-order valence-electron chi connectivity index (χ3n) is 2.72. The van der Waals surface area contributed by atoms with Gasteiger partial charge in [0, 0.05) is 13.1 Å². The third-order valence-corrected chi connectivity index (χ3v) is 3.54. The highest BCUT2D eigenvalue weighted by atomic mass is 35.5. The molecule has 0 heterocycles. The van der Waals surface area contributed by atoms with Crippen molar-refractivity contribution < 1.29 is 4.79 Å². The summed E-state index contributed by atoms with van der Waals surface area (Å²) in [5.74, 6) is 0.0831. The summed E-state index contributed by atoms with van der Waals surface area (Å²) in [5, 5.41) is 3.98. The van der Waals surface area contributed by atoms with E-state index in [-0.39, 0.29) is 12.5 Å². The Kier molecular flexibility index (Phi) is 7.03. The van der Waals surface area contributed by atoms with Crippen LogP contribution in [0.3, 0.4) is 0 Å². The highest BCUT2D eigenvalue weighted by Crippen LogP contribution is 2.29. The Balaban J connectivity index is 2.59. The van der Waals surface area contributed by atoms with Gasteiger partial charge in [0.25, 0.3) is 0 Å². The van der Waals surface area contributed by atoms with Gasteiger partial charge in [-0.2, -0.15) is 0 Å². The summed E-state index contributed by atoms with van der Waals surface area (Å²) in [5.41, 5.74) is 0.690. The zero-order valence-electron chi connectivity index (χ0n) is 11.4. The maximum absolute atomic E-state index is 12.1. The number of carbonyl (C=O) groups excluding carboxylic acids is 1. The number of hydrogen-bond donors (Lipinski definition) is 1. The number of halogens is 2. The van der Waals surface area contributed by atoms with Crippen LogP contribution in [-0.4, -0.2) is 30.4 Å². The molecule has 1 aromatic rings. The van der Waals surface area contributed by atoms with E-state index in [0.29, 0.717) is 15.7 Å². The molecule has 0 saturated carbocycles. The average Bonchev–Trinajstić information content (AvgIpc) is 2.40. The molecule has 19 heavy (non-hydrogen) atoms. The van der Waals surface area contributed by atoms with Crippen LogP contribution in [0.25, 0.3) is 0 Å². The number of carbonyl (C=O) groups is 1. The molecule has 1 N–H and O–H groups in total. The van der Waals surface area contributed by atoms with E-state index in [4.69, 9.17) is 23.2 Å². The van der Waals surface area contributed by atoms with Crippen LogP contribution in [0.15, 0.2) is 18.2 Å². The van der Waals surface area contributed by atoms with Crippen LogP contribution in [0.5, 0.6) is 0 Å². The van der Waals surface area contributed by atoms with E-state index in [2.05, 4.69) is 19.2 Å². The van der Waals surface area contributed by atoms with Crippen molar-refractivity contribution >= 4 is 34.8 Å². The van der Waals surface area contributed by atoms with Gasteiger partial charge >= 0.3 is 0 Å². The lowest BCUT2D eigenvalue weighted by atomic mass is 10.3. The monoisotopic (exact) mass is 302 g/mol. The van der Waals surface area contributed by atoms with Crippen molar-refractivity contribution in [2.24, 2.45) is 0 Å². The molecule has 5 heteroatoms. The van der Waals surface area contributed by atoms with Gasteiger partial charge in [-0.3, -0.25) is 4.79 Å². The lowest BCUT2D eigenvalue weighted by molar-refractivity contribution is -0.129. The SMILES string of the molecule is CCCN(CCC)C(=O)CNc1cccc(Cl)c1Cl. The summed E-state index contributed by atoms with van der Waals surface area (Å²) in [6.45, 7) is 5.95. The molecule has 0 atom stereocenters. The van der Waals surface area contributed by atoms with Gasteiger partial charge in [-0.1, -0.05) is 43.1 Å². The van der Waals surface area contributed by atoms with Crippen LogP contribution in [0.4, 0.5) is 5.69 Å². The number of benzene rings is 1. The second-order valence-corrected chi connectivity index (χ2v) is 5.12. The number of hydrogen-bond acceptors (Lipinski definition) is 2. The Labute approximate surface area is 124 Å². The largest absolute Gasteiger partial charge is 0.375 e. The highest BCUT2D eigenvalue weighted by Gasteiger charge is 2.12. The van der Waals surface area contributed by atoms with Crippen molar-refractivity contribution in [1.29, 1.82) is 0 Å². The highest BCUT2D eigenvalue weighted by molar-refractivity contribution is 6.43. The molecule has 0 bridgehead atoms. The van der Waals surface area contributed by atoms with Crippen molar-refractivity contribution in [3.05, 3.63) is 28.2 Å². The van der Waals surface area contributed by atoms with Gasteiger partial charge in [0.05, 0.1) is 22.3 Å². The van der Waals surface area contributed by atoms with Crippen LogP contribution in [-0.2, 0) is 4.79 Å². The molecule has 1 rings (SSSR count). The summed E-state index contributed by atoms with van der Waals surface area (Å²) in [6, 6.07) is 5.33. The zero-order chi connectivity index (χ0) is 14.3. The second-order valence-electron chi connectivity index (χ2n) is 4.34. The first-order valence-electron chi connectivity index (χ1n) is 6.55. The van der Waals surface area contributed by atoms with Gasteiger partial charge in [-0.25, -0.2) is 0 Å². The van der Waals surface area contributed by atoms with Crippen LogP contribution in [0, 0.1) is 0 Å². The van der Waals surface area contributed by atoms with Gasteiger partial charge in [0.1, 0.15) is 0 Å². The first-order chi connectivity index (χ1) is 9.10. The number of nitrogens with zero attached hydrogens (tertiary/aromatic N) is 1. The quantitative estimate of drug-likeness (QED) is 0.824. The molecule has 0 spiro atoms. The Morgan fingerprint density at radius 1 is 1.21 bits per heavy atom. The molecule has 0 aliphatic rings. The molecule has 0 unspecified atom stereocenters. The minimum absolute atomic E-state index is 0.0831. The Hall–Kier alpha value is -0.930. The molecule has 0 aliphatic carbocycles. The first-order valence-corrected chi connectivity index (χ1v) is 7.31. The van der Waals surface area contributed by atoms with E-state index in [1.165, 1.54) is 0 Å². The average molecular weight is 303 g/mol. The van der Waals surface area contributed by atoms with Crippen molar-refractivity contribution in [3.8, 4) is 0 Å². The second kappa shape index (κ2) is 8.28. The van der Waals surface area contributed by atoms with Crippen molar-refractivity contribution in [2.45, 2.75) is 26.7 Å². The minimum atomic E-state index is 0.0831. The fourth-order valence-corrected chi connectivity index (χ4v) is 2.19. The summed E-state index contributed by atoms with van der Waals surface area (Å²) in [6.07, 6.45) is 1.92. The predicted octanol–water partition coefficient (Wildman–Crippen LogP) is 4.05. The normalized spacial score (nSPS) is 10.3. The van der Waals surface area contributed by atoms with Crippen LogP contribution in [0.1, 0.15) is 26.7 Å². The van der Waals surface area contributed by atoms with Gasteiger partial charge in [0.15, 0.2) is 0 Å². The third kappa shape index (κ3) is 4.92. The molecule has 1 amide bonds. The molecule has 106 valence electrons. The molecule has 0 fully saturated rings. The zero-order valence-corrected chi connectivity index (χ0v) is 12.9. The van der Waals surface area contributed by atoms with Crippen molar-refractivity contribution in [3.63, 3.8) is 0 Å². The molecule has 0 saturated heterocycles. The van der Waals surface area contributed by atoms with E-state index in [0.717, 1.165) is 25.9 Å². The number of amides is 1. The maximum Gasteiger partial charge on any atom is 0.241 e. The smallest absolute Gasteiger partial charge is 0.241 e. The van der Waals surface area contributed by atoms with E-state index >= 15 is 0 Å². The van der Waals surface area contributed by atoms with Gasteiger partial charge < -0.3 is 10.2 Å². The number of nitrogens with one attached hydrogen (secondary N) is 1. The Morgan fingerprint density at radius 3 is 2.42 bits per heavy atom. The fourth-order valence-electron chi connectivity index (χ4n) is 1.82. The topological polar surface area (TPSA) is 32.3 Å². The van der Waals surface area contributed by atoms with Crippen LogP contribution in [0.2, 0.25) is 10.0 Å². The van der Waals surface area contributed by atoms with Gasteiger partial charge in [-0.05, 0) is 25.0 Å². The maximum atomic E-state index is 12.1. The number of rotatable bonds is 7. The molecular formula is C14H20Cl2N2O. The summed E-state index contributed by atoms with van der Waals surface area (Å²) in [7, 11) is 0. The lowest BCUT2D eigenvalue weighted by Gasteiger charge is -2.22. The van der Waals surface area contributed by atoms with Gasteiger partial charge in [-0.15, -0.1) is 0 Å². The summed E-state index contributed by atoms with van der Waals surface area (Å²) < 4.78 is 0. The minimum Gasteiger partial charge on any atom is -0.375 e. The molecule has 1 aromatic carbocycles. The van der Waals surface area contributed by atoms with Crippen molar-refractivity contribution in [1.82, 2.24) is 4.90 Å². The standard InChI is InChI=1S/C14H20Cl2N2O/c1-3-8-18(9-4-2)13(19)10-17-12-7-5-6-11(15)14(12)16/h5-7,17H,3-4,8-10H2,1-2H3. The molecule has 0 radical (unpaired) electrons.